The molecule has 0 aliphatic rings. The lowest BCUT2D eigenvalue weighted by atomic mass is 10.1. The summed E-state index contributed by atoms with van der Waals surface area (Å²) in [6.07, 6.45) is 1.75. The predicted molar refractivity (Wildman–Crippen MR) is 134 cm³/mol. The Hall–Kier alpha value is -3.00. The second-order valence-corrected chi connectivity index (χ2v) is 8.73. The maximum atomic E-state index is 12.4. The van der Waals surface area contributed by atoms with Crippen molar-refractivity contribution in [2.45, 2.75) is 18.3 Å². The summed E-state index contributed by atoms with van der Waals surface area (Å²) in [7, 11) is 0. The van der Waals surface area contributed by atoms with Crippen LogP contribution >= 0.6 is 35.0 Å². The Labute approximate surface area is 205 Å². The molecular weight excluding hydrogens is 479 g/mol. The molecule has 0 radical (unpaired) electrons. The molecule has 0 fully saturated rings. The van der Waals surface area contributed by atoms with Gasteiger partial charge in [0.1, 0.15) is 12.4 Å². The molecule has 0 unspecified atom stereocenters. The molecule has 0 spiro atoms. The smallest absolute Gasteiger partial charge is 0.234 e. The number of aromatic nitrogens is 3. The van der Waals surface area contributed by atoms with Gasteiger partial charge in [-0.05, 0) is 23.6 Å². The SMILES string of the molecule is C=CCn1c(COc2cccc3ccccc23)nnc1SCC(=O)Nc1cccc(Cl)c1Cl. The van der Waals surface area contributed by atoms with Crippen LogP contribution in [0.15, 0.2) is 78.5 Å². The Balaban J connectivity index is 1.43. The molecule has 3 aromatic carbocycles. The van der Waals surface area contributed by atoms with Crippen molar-refractivity contribution in [2.75, 3.05) is 11.1 Å². The summed E-state index contributed by atoms with van der Waals surface area (Å²) < 4.78 is 7.94. The van der Waals surface area contributed by atoms with E-state index in [1.807, 2.05) is 47.0 Å². The number of nitrogens with zero attached hydrogens (tertiary/aromatic N) is 3. The quantitative estimate of drug-likeness (QED) is 0.218. The predicted octanol–water partition coefficient (Wildman–Crippen LogP) is 6.23. The Bertz CT molecular complexity index is 1300. The topological polar surface area (TPSA) is 69.0 Å². The molecule has 1 amide bonds. The average Bonchev–Trinajstić information content (AvgIpc) is 3.21. The van der Waals surface area contributed by atoms with Crippen LogP contribution in [0.5, 0.6) is 5.75 Å². The van der Waals surface area contributed by atoms with Crippen LogP contribution in [0, 0.1) is 0 Å². The lowest BCUT2D eigenvalue weighted by Gasteiger charge is -2.11. The molecule has 1 N–H and O–H groups in total. The number of carbonyl (C=O) groups is 1. The average molecular weight is 499 g/mol. The van der Waals surface area contributed by atoms with Crippen LogP contribution in [0.2, 0.25) is 10.0 Å². The van der Waals surface area contributed by atoms with Crippen molar-refractivity contribution < 1.29 is 9.53 Å². The lowest BCUT2D eigenvalue weighted by Crippen LogP contribution is -2.15. The minimum absolute atomic E-state index is 0.127. The van der Waals surface area contributed by atoms with Gasteiger partial charge >= 0.3 is 0 Å². The van der Waals surface area contributed by atoms with Gasteiger partial charge in [0.15, 0.2) is 11.0 Å². The molecular formula is C24H20Cl2N4O2S. The lowest BCUT2D eigenvalue weighted by molar-refractivity contribution is -0.113. The number of hydrogen-bond acceptors (Lipinski definition) is 5. The summed E-state index contributed by atoms with van der Waals surface area (Å²) in [5, 5.41) is 14.7. The van der Waals surface area contributed by atoms with Crippen molar-refractivity contribution >= 4 is 57.3 Å². The van der Waals surface area contributed by atoms with Gasteiger partial charge in [-0.3, -0.25) is 9.36 Å². The second-order valence-electron chi connectivity index (χ2n) is 7.00. The number of halogens is 2. The van der Waals surface area contributed by atoms with E-state index < -0.39 is 0 Å². The summed E-state index contributed by atoms with van der Waals surface area (Å²) in [6.45, 7) is 4.54. The molecule has 1 heterocycles. The normalized spacial score (nSPS) is 10.8. The van der Waals surface area contributed by atoms with E-state index in [1.54, 1.807) is 24.3 Å². The minimum atomic E-state index is -0.231. The first-order valence-corrected chi connectivity index (χ1v) is 11.8. The first-order chi connectivity index (χ1) is 16.1. The highest BCUT2D eigenvalue weighted by Crippen LogP contribution is 2.30. The fourth-order valence-corrected chi connectivity index (χ4v) is 4.34. The number of rotatable bonds is 9. The first-order valence-electron chi connectivity index (χ1n) is 10.1. The highest BCUT2D eigenvalue weighted by molar-refractivity contribution is 7.99. The van der Waals surface area contributed by atoms with Crippen LogP contribution in [0.25, 0.3) is 10.8 Å². The fourth-order valence-electron chi connectivity index (χ4n) is 3.23. The van der Waals surface area contributed by atoms with Crippen molar-refractivity contribution in [2.24, 2.45) is 0 Å². The van der Waals surface area contributed by atoms with Crippen molar-refractivity contribution in [1.82, 2.24) is 14.8 Å². The van der Waals surface area contributed by atoms with E-state index >= 15 is 0 Å². The third kappa shape index (κ3) is 5.50. The molecule has 0 aliphatic heterocycles. The van der Waals surface area contributed by atoms with Gasteiger partial charge in [-0.15, -0.1) is 16.8 Å². The highest BCUT2D eigenvalue weighted by Gasteiger charge is 2.15. The molecule has 168 valence electrons. The summed E-state index contributed by atoms with van der Waals surface area (Å²) in [5.41, 5.74) is 0.464. The van der Waals surface area contributed by atoms with E-state index in [-0.39, 0.29) is 18.3 Å². The molecule has 4 aromatic rings. The van der Waals surface area contributed by atoms with Crippen LogP contribution in [0.4, 0.5) is 5.69 Å². The molecule has 6 nitrogen and oxygen atoms in total. The molecule has 0 saturated heterocycles. The number of nitrogens with one attached hydrogen (secondary N) is 1. The zero-order chi connectivity index (χ0) is 23.2. The number of fused-ring (bicyclic) bond motifs is 1. The van der Waals surface area contributed by atoms with E-state index in [0.29, 0.717) is 33.3 Å². The minimum Gasteiger partial charge on any atom is -0.485 e. The van der Waals surface area contributed by atoms with Crippen molar-refractivity contribution in [3.05, 3.63) is 89.2 Å². The summed E-state index contributed by atoms with van der Waals surface area (Å²) in [5.74, 6) is 1.31. The van der Waals surface area contributed by atoms with Gasteiger partial charge in [0, 0.05) is 11.9 Å². The monoisotopic (exact) mass is 498 g/mol. The van der Waals surface area contributed by atoms with Crippen molar-refractivity contribution in [1.29, 1.82) is 0 Å². The number of amides is 1. The second kappa shape index (κ2) is 10.7. The van der Waals surface area contributed by atoms with Gasteiger partial charge in [-0.1, -0.05) is 83.5 Å². The molecule has 33 heavy (non-hydrogen) atoms. The molecule has 4 rings (SSSR count). The molecule has 9 heteroatoms. The number of allylic oxidation sites excluding steroid dienone is 1. The van der Waals surface area contributed by atoms with Crippen LogP contribution < -0.4 is 10.1 Å². The number of hydrogen-bond donors (Lipinski definition) is 1. The zero-order valence-electron chi connectivity index (χ0n) is 17.5. The Morgan fingerprint density at radius 3 is 2.73 bits per heavy atom. The molecule has 0 aliphatic carbocycles. The Morgan fingerprint density at radius 1 is 1.09 bits per heavy atom. The summed E-state index contributed by atoms with van der Waals surface area (Å²) in [4.78, 5) is 12.4. The van der Waals surface area contributed by atoms with E-state index in [2.05, 4.69) is 22.1 Å². The van der Waals surface area contributed by atoms with E-state index in [9.17, 15) is 4.79 Å². The number of carbonyl (C=O) groups excluding carboxylic acids is 1. The third-order valence-corrected chi connectivity index (χ3v) is 6.56. The first kappa shape index (κ1) is 23.2. The van der Waals surface area contributed by atoms with E-state index in [0.717, 1.165) is 16.5 Å². The molecule has 0 atom stereocenters. The third-order valence-electron chi connectivity index (χ3n) is 4.77. The van der Waals surface area contributed by atoms with Gasteiger partial charge in [0.05, 0.1) is 21.5 Å². The Kier molecular flexibility index (Phi) is 7.54. The standard InChI is InChI=1S/C24H20Cl2N4O2S/c1-2-13-30-21(14-32-20-12-5-8-16-7-3-4-9-17(16)20)28-29-24(30)33-15-22(31)27-19-11-6-10-18(25)23(19)26/h2-12H,1,13-15H2,(H,27,31). The molecule has 1 aromatic heterocycles. The number of ether oxygens (including phenoxy) is 1. The van der Waals surface area contributed by atoms with E-state index in [1.165, 1.54) is 11.8 Å². The zero-order valence-corrected chi connectivity index (χ0v) is 19.8. The maximum absolute atomic E-state index is 12.4. The van der Waals surface area contributed by atoms with Gasteiger partial charge < -0.3 is 10.1 Å². The molecule has 0 bridgehead atoms. The Morgan fingerprint density at radius 2 is 1.88 bits per heavy atom. The maximum Gasteiger partial charge on any atom is 0.234 e. The van der Waals surface area contributed by atoms with Gasteiger partial charge in [0.25, 0.3) is 0 Å². The summed E-state index contributed by atoms with van der Waals surface area (Å²) in [6, 6.07) is 19.0. The number of benzene rings is 3. The van der Waals surface area contributed by atoms with Crippen molar-refractivity contribution in [3.63, 3.8) is 0 Å². The van der Waals surface area contributed by atoms with Crippen LogP contribution in [-0.4, -0.2) is 26.4 Å². The van der Waals surface area contributed by atoms with Gasteiger partial charge in [0.2, 0.25) is 5.91 Å². The van der Waals surface area contributed by atoms with Gasteiger partial charge in [-0.2, -0.15) is 0 Å². The van der Waals surface area contributed by atoms with Gasteiger partial charge in [-0.25, -0.2) is 0 Å². The van der Waals surface area contributed by atoms with E-state index in [4.69, 9.17) is 27.9 Å². The largest absolute Gasteiger partial charge is 0.485 e. The van der Waals surface area contributed by atoms with Crippen LogP contribution in [0.1, 0.15) is 5.82 Å². The fraction of sp³-hybridized carbons (Fsp3) is 0.125. The number of thioether (sulfide) groups is 1. The molecule has 0 saturated carbocycles. The van der Waals surface area contributed by atoms with Crippen LogP contribution in [0.3, 0.4) is 0 Å². The number of anilines is 1. The van der Waals surface area contributed by atoms with Crippen molar-refractivity contribution in [3.8, 4) is 5.75 Å². The highest BCUT2D eigenvalue weighted by atomic mass is 35.5. The summed E-state index contributed by atoms with van der Waals surface area (Å²) >= 11 is 13.4. The van der Waals surface area contributed by atoms with Crippen LogP contribution in [-0.2, 0) is 17.9 Å².